The van der Waals surface area contributed by atoms with E-state index < -0.39 is 45.3 Å². The Morgan fingerprint density at radius 1 is 1.08 bits per heavy atom. The summed E-state index contributed by atoms with van der Waals surface area (Å²) in [5.41, 5.74) is 6.32. The summed E-state index contributed by atoms with van der Waals surface area (Å²) < 4.78 is 61.1. The number of nitrogens with one attached hydrogen (secondary N) is 1. The summed E-state index contributed by atoms with van der Waals surface area (Å²) in [6, 6.07) is 10.7. The van der Waals surface area contributed by atoms with Crippen molar-refractivity contribution >= 4 is 27.6 Å². The summed E-state index contributed by atoms with van der Waals surface area (Å²) in [6.45, 7) is 8.81. The minimum atomic E-state index is -3.66. The normalized spacial score (nSPS) is 16.3. The molecule has 3 aromatic rings. The number of urea groups is 1. The van der Waals surface area contributed by atoms with Gasteiger partial charge in [-0.25, -0.2) is 27.0 Å². The van der Waals surface area contributed by atoms with Crippen molar-refractivity contribution in [2.75, 3.05) is 38.0 Å². The first kappa shape index (κ1) is 37.1. The van der Waals surface area contributed by atoms with E-state index in [9.17, 15) is 31.9 Å². The van der Waals surface area contributed by atoms with Gasteiger partial charge in [0.25, 0.3) is 5.91 Å². The second-order valence-electron chi connectivity index (χ2n) is 13.1. The van der Waals surface area contributed by atoms with E-state index in [0.717, 1.165) is 30.2 Å². The van der Waals surface area contributed by atoms with E-state index >= 15 is 0 Å². The molecule has 2 aliphatic heterocycles. The van der Waals surface area contributed by atoms with Gasteiger partial charge in [-0.3, -0.25) is 9.69 Å². The SMILES string of the molecule is CCCCN(C(=O)Nc1cc(C(N)=O)c(F)cc1F)C1CCN(Cc2ccc(Oc3ccc(S(=O)(=O)N4CC(O)C4)cc3)nc2C(C)C)CC1. The van der Waals surface area contributed by atoms with Crippen molar-refractivity contribution in [2.45, 2.75) is 76.0 Å². The topological polar surface area (TPSA) is 158 Å². The fraction of sp³-hybridized carbons (Fsp3) is 0.457. The van der Waals surface area contributed by atoms with E-state index in [2.05, 4.69) is 24.1 Å². The number of carbonyl (C=O) groups is 2. The van der Waals surface area contributed by atoms with Gasteiger partial charge in [0.15, 0.2) is 0 Å². The number of primary amides is 1. The third kappa shape index (κ3) is 8.57. The Bertz CT molecular complexity index is 1800. The number of aromatic nitrogens is 1. The van der Waals surface area contributed by atoms with Crippen molar-refractivity contribution in [1.29, 1.82) is 0 Å². The summed E-state index contributed by atoms with van der Waals surface area (Å²) in [6.07, 6.45) is 2.34. The molecular weight excluding hydrogens is 670 g/mol. The van der Waals surface area contributed by atoms with Crippen LogP contribution in [-0.4, -0.2) is 89.4 Å². The van der Waals surface area contributed by atoms with Crippen LogP contribution in [-0.2, 0) is 16.6 Å². The maximum absolute atomic E-state index is 14.5. The number of piperidine rings is 1. The average Bonchev–Trinajstić information content (AvgIpc) is 3.06. The van der Waals surface area contributed by atoms with E-state index in [4.69, 9.17) is 15.5 Å². The van der Waals surface area contributed by atoms with E-state index in [1.807, 2.05) is 13.0 Å². The minimum absolute atomic E-state index is 0.0873. The monoisotopic (exact) mass is 714 g/mol. The lowest BCUT2D eigenvalue weighted by molar-refractivity contribution is 0.0548. The number of rotatable bonds is 13. The summed E-state index contributed by atoms with van der Waals surface area (Å²) in [5.74, 6) is -2.22. The second kappa shape index (κ2) is 15.8. The summed E-state index contributed by atoms with van der Waals surface area (Å²) >= 11 is 0. The van der Waals surface area contributed by atoms with Gasteiger partial charge < -0.3 is 25.8 Å². The lowest BCUT2D eigenvalue weighted by Crippen LogP contribution is -2.53. The van der Waals surface area contributed by atoms with Gasteiger partial charge in [0.05, 0.1) is 27.9 Å². The molecule has 50 heavy (non-hydrogen) atoms. The fourth-order valence-corrected chi connectivity index (χ4v) is 7.68. The number of aliphatic hydroxyl groups is 1. The Morgan fingerprint density at radius 2 is 1.76 bits per heavy atom. The van der Waals surface area contributed by atoms with Crippen molar-refractivity contribution in [3.05, 3.63) is 77.0 Å². The van der Waals surface area contributed by atoms with Gasteiger partial charge >= 0.3 is 6.03 Å². The van der Waals surface area contributed by atoms with Crippen LogP contribution in [0, 0.1) is 11.6 Å². The first-order valence-electron chi connectivity index (χ1n) is 16.8. The molecule has 12 nitrogen and oxygen atoms in total. The maximum atomic E-state index is 14.5. The van der Waals surface area contributed by atoms with Gasteiger partial charge in [-0.15, -0.1) is 0 Å². The van der Waals surface area contributed by atoms with Crippen molar-refractivity contribution < 1.29 is 36.6 Å². The zero-order chi connectivity index (χ0) is 36.2. The molecule has 3 heterocycles. The van der Waals surface area contributed by atoms with Gasteiger partial charge in [0, 0.05) is 57.4 Å². The number of likely N-dealkylation sites (tertiary alicyclic amines) is 1. The largest absolute Gasteiger partial charge is 0.439 e. The Kier molecular flexibility index (Phi) is 11.7. The molecule has 4 N–H and O–H groups in total. The number of hydrogen-bond donors (Lipinski definition) is 3. The van der Waals surface area contributed by atoms with Gasteiger partial charge in [0.1, 0.15) is 17.4 Å². The molecule has 1 aromatic heterocycles. The highest BCUT2D eigenvalue weighted by Gasteiger charge is 2.35. The predicted octanol–water partition coefficient (Wildman–Crippen LogP) is 5.04. The molecule has 0 spiro atoms. The molecule has 15 heteroatoms. The van der Waals surface area contributed by atoms with Crippen LogP contribution in [0.4, 0.5) is 19.3 Å². The Balaban J connectivity index is 1.21. The first-order chi connectivity index (χ1) is 23.8. The molecule has 0 atom stereocenters. The molecule has 3 amide bonds. The van der Waals surface area contributed by atoms with Crippen LogP contribution in [0.25, 0.3) is 0 Å². The summed E-state index contributed by atoms with van der Waals surface area (Å²) in [4.78, 5) is 33.8. The van der Waals surface area contributed by atoms with Crippen LogP contribution in [0.2, 0.25) is 0 Å². The molecule has 5 rings (SSSR count). The predicted molar refractivity (Wildman–Crippen MR) is 183 cm³/mol. The Hall–Kier alpha value is -4.18. The molecule has 2 fully saturated rings. The molecule has 0 aliphatic carbocycles. The number of amides is 3. The van der Waals surface area contributed by atoms with Crippen LogP contribution in [0.1, 0.15) is 74.0 Å². The van der Waals surface area contributed by atoms with Crippen LogP contribution in [0.15, 0.2) is 53.4 Å². The number of anilines is 1. The lowest BCUT2D eigenvalue weighted by atomic mass is 10.00. The van der Waals surface area contributed by atoms with Gasteiger partial charge in [-0.2, -0.15) is 4.31 Å². The smallest absolute Gasteiger partial charge is 0.322 e. The van der Waals surface area contributed by atoms with Crippen molar-refractivity contribution in [2.24, 2.45) is 5.73 Å². The number of unbranched alkanes of at least 4 members (excludes halogenated alkanes) is 1. The van der Waals surface area contributed by atoms with Crippen LogP contribution >= 0.6 is 0 Å². The third-order valence-corrected chi connectivity index (χ3v) is 10.9. The number of carbonyl (C=O) groups excluding carboxylic acids is 2. The van der Waals surface area contributed by atoms with E-state index in [0.29, 0.717) is 56.7 Å². The second-order valence-corrected chi connectivity index (χ2v) is 15.0. The number of benzene rings is 2. The molecule has 0 bridgehead atoms. The highest BCUT2D eigenvalue weighted by molar-refractivity contribution is 7.89. The van der Waals surface area contributed by atoms with Crippen molar-refractivity contribution in [3.8, 4) is 11.6 Å². The molecule has 0 unspecified atom stereocenters. The van der Waals surface area contributed by atoms with Crippen molar-refractivity contribution in [3.63, 3.8) is 0 Å². The van der Waals surface area contributed by atoms with Gasteiger partial charge in [-0.1, -0.05) is 33.3 Å². The Morgan fingerprint density at radius 3 is 2.36 bits per heavy atom. The average molecular weight is 715 g/mol. The molecular formula is C35H44F2N6O6S. The zero-order valence-corrected chi connectivity index (χ0v) is 29.3. The molecule has 0 saturated carbocycles. The molecule has 0 radical (unpaired) electrons. The van der Waals surface area contributed by atoms with Crippen LogP contribution < -0.4 is 15.8 Å². The number of ether oxygens (including phenoxy) is 1. The number of hydrogen-bond acceptors (Lipinski definition) is 8. The fourth-order valence-electron chi connectivity index (χ4n) is 6.17. The van der Waals surface area contributed by atoms with Gasteiger partial charge in [-0.05, 0) is 61.1 Å². The molecule has 2 aliphatic rings. The number of nitrogens with two attached hydrogens (primary N) is 1. The minimum Gasteiger partial charge on any atom is -0.439 e. The quantitative estimate of drug-likeness (QED) is 0.222. The summed E-state index contributed by atoms with van der Waals surface area (Å²) in [7, 11) is -3.66. The number of aliphatic hydroxyl groups excluding tert-OH is 1. The van der Waals surface area contributed by atoms with Crippen LogP contribution in [0.5, 0.6) is 11.6 Å². The zero-order valence-electron chi connectivity index (χ0n) is 28.4. The number of halogens is 2. The van der Waals surface area contributed by atoms with E-state index in [1.165, 1.54) is 16.4 Å². The number of pyridine rings is 1. The number of nitrogens with zero attached hydrogens (tertiary/aromatic N) is 4. The van der Waals surface area contributed by atoms with Crippen LogP contribution in [0.3, 0.4) is 0 Å². The third-order valence-electron chi connectivity index (χ3n) is 9.02. The maximum Gasteiger partial charge on any atom is 0.322 e. The lowest BCUT2D eigenvalue weighted by Gasteiger charge is -2.39. The van der Waals surface area contributed by atoms with E-state index in [1.54, 1.807) is 23.1 Å². The van der Waals surface area contributed by atoms with Gasteiger partial charge in [0.2, 0.25) is 15.9 Å². The summed E-state index contributed by atoms with van der Waals surface area (Å²) in [5, 5.41) is 12.0. The highest BCUT2D eigenvalue weighted by Crippen LogP contribution is 2.29. The standard InChI is InChI=1S/C35H44F2N6O6S/c1-4-5-14-43(35(46)39-31-17-28(34(38)45)29(36)18-30(31)37)24-12-15-41(16-13-24)19-23-6-11-32(40-33(23)22(2)3)49-26-7-9-27(10-8-26)50(47,48)42-20-25(44)21-42/h6-11,17-18,22,24-25,44H,4-5,12-16,19-21H2,1-3H3,(H2,38,45)(H,39,46). The first-order valence-corrected chi connectivity index (χ1v) is 18.3. The highest BCUT2D eigenvalue weighted by atomic mass is 32.2. The van der Waals surface area contributed by atoms with Crippen molar-refractivity contribution in [1.82, 2.24) is 19.1 Å². The number of β-amino-alcohol motifs (C(OH)–C–C–N with tert-alkyl or cyclic N) is 1. The van der Waals surface area contributed by atoms with E-state index in [-0.39, 0.29) is 35.6 Å². The molecule has 270 valence electrons. The molecule has 2 aromatic carbocycles. The molecule has 2 saturated heterocycles. The Labute approximate surface area is 291 Å². The number of sulfonamides is 1.